The summed E-state index contributed by atoms with van der Waals surface area (Å²) in [6.07, 6.45) is 10.9. The first-order valence-corrected chi connectivity index (χ1v) is 13.7. The molecule has 2 nitrogen and oxygen atoms in total. The van der Waals surface area contributed by atoms with E-state index < -0.39 is 8.32 Å². The Labute approximate surface area is 166 Å². The second-order valence-corrected chi connectivity index (χ2v) is 14.6. The maximum atomic E-state index is 6.77. The normalized spacial score (nSPS) is 31.5. The second-order valence-electron chi connectivity index (χ2n) is 8.09. The Balaban J connectivity index is 3.05. The molecule has 0 spiro atoms. The van der Waals surface area contributed by atoms with Crippen LogP contribution in [-0.2, 0) is 9.16 Å². The summed E-state index contributed by atoms with van der Waals surface area (Å²) in [5, 5.41) is 0.201. The van der Waals surface area contributed by atoms with Gasteiger partial charge >= 0.3 is 0 Å². The summed E-state index contributed by atoms with van der Waals surface area (Å²) in [4.78, 5) is 2.29. The minimum Gasteiger partial charge on any atom is -0.411 e. The molecule has 1 heterocycles. The maximum absolute atomic E-state index is 6.77. The number of halogens is 2. The van der Waals surface area contributed by atoms with Crippen molar-refractivity contribution in [1.82, 2.24) is 0 Å². The van der Waals surface area contributed by atoms with E-state index in [9.17, 15) is 0 Å². The van der Waals surface area contributed by atoms with Crippen LogP contribution in [0, 0.1) is 0 Å². The molecule has 0 unspecified atom stereocenters. The lowest BCUT2D eigenvalue weighted by molar-refractivity contribution is -0.0687. The maximum Gasteiger partial charge on any atom is 0.192 e. The van der Waals surface area contributed by atoms with Gasteiger partial charge in [0.2, 0.25) is 0 Å². The molecular weight excluding hydrogens is 448 g/mol. The quantitative estimate of drug-likeness (QED) is 0.240. The average molecular weight is 482 g/mol. The van der Waals surface area contributed by atoms with Crippen LogP contribution >= 0.6 is 31.9 Å². The van der Waals surface area contributed by atoms with Crippen LogP contribution in [0.5, 0.6) is 0 Å². The molecule has 0 fully saturated rings. The highest BCUT2D eigenvalue weighted by Crippen LogP contribution is 2.39. The zero-order valence-electron chi connectivity index (χ0n) is 16.0. The van der Waals surface area contributed by atoms with Crippen LogP contribution in [0.4, 0.5) is 0 Å². The Morgan fingerprint density at radius 3 is 2.38 bits per heavy atom. The molecule has 0 radical (unpaired) electrons. The van der Waals surface area contributed by atoms with Crippen LogP contribution < -0.4 is 0 Å². The van der Waals surface area contributed by atoms with Gasteiger partial charge in [0, 0.05) is 4.83 Å². The smallest absolute Gasteiger partial charge is 0.192 e. The molecule has 0 bridgehead atoms. The van der Waals surface area contributed by atoms with E-state index in [0.29, 0.717) is 4.83 Å². The highest BCUT2D eigenvalue weighted by atomic mass is 79.9. The summed E-state index contributed by atoms with van der Waals surface area (Å²) in [5.41, 5.74) is 0. The van der Waals surface area contributed by atoms with E-state index in [1.807, 2.05) is 4.99 Å². The molecule has 1 rings (SSSR count). The molecule has 0 aromatic carbocycles. The van der Waals surface area contributed by atoms with Gasteiger partial charge in [0.25, 0.3) is 0 Å². The van der Waals surface area contributed by atoms with Gasteiger partial charge in [0.05, 0.1) is 18.3 Å². The van der Waals surface area contributed by atoms with Crippen LogP contribution in [0.25, 0.3) is 0 Å². The average Bonchev–Trinajstić information content (AvgIpc) is 2.55. The number of hydrogen-bond acceptors (Lipinski definition) is 2. The molecule has 0 aromatic heterocycles. The summed E-state index contributed by atoms with van der Waals surface area (Å²) in [5.74, 6) is 0. The minimum atomic E-state index is -1.84. The first kappa shape index (κ1) is 22.6. The molecular formula is C19H34Br2O2Si. The lowest BCUT2D eigenvalue weighted by Gasteiger charge is -2.41. The zero-order valence-corrected chi connectivity index (χ0v) is 20.2. The minimum absolute atomic E-state index is 0.0840. The molecule has 0 aromatic rings. The van der Waals surface area contributed by atoms with Crippen molar-refractivity contribution in [2.75, 3.05) is 0 Å². The van der Waals surface area contributed by atoms with Gasteiger partial charge in [-0.3, -0.25) is 0 Å². The molecule has 0 amide bonds. The summed E-state index contributed by atoms with van der Waals surface area (Å²) in [6.45, 7) is 13.7. The third kappa shape index (κ3) is 6.71. The van der Waals surface area contributed by atoms with E-state index in [4.69, 9.17) is 9.16 Å². The molecule has 24 heavy (non-hydrogen) atoms. The topological polar surface area (TPSA) is 18.5 Å². The fourth-order valence-electron chi connectivity index (χ4n) is 2.58. The first-order chi connectivity index (χ1) is 11.1. The summed E-state index contributed by atoms with van der Waals surface area (Å²) < 4.78 is 13.3. The number of rotatable bonds is 5. The Morgan fingerprint density at radius 2 is 1.83 bits per heavy atom. The molecule has 1 aliphatic heterocycles. The van der Waals surface area contributed by atoms with Crippen LogP contribution in [0.2, 0.25) is 18.1 Å². The molecule has 1 aliphatic rings. The van der Waals surface area contributed by atoms with Crippen molar-refractivity contribution in [3.8, 4) is 0 Å². The number of hydrogen-bond donors (Lipinski definition) is 0. The van der Waals surface area contributed by atoms with Crippen molar-refractivity contribution in [2.45, 2.75) is 94.6 Å². The summed E-state index contributed by atoms with van der Waals surface area (Å²) in [6, 6.07) is 0. The van der Waals surface area contributed by atoms with Crippen molar-refractivity contribution >= 4 is 40.2 Å². The lowest BCUT2D eigenvalue weighted by Crippen LogP contribution is -2.48. The summed E-state index contributed by atoms with van der Waals surface area (Å²) >= 11 is 7.20. The van der Waals surface area contributed by atoms with Crippen LogP contribution in [0.1, 0.15) is 53.4 Å². The molecule has 5 heteroatoms. The summed E-state index contributed by atoms with van der Waals surface area (Å²) in [7, 11) is -1.84. The van der Waals surface area contributed by atoms with Crippen molar-refractivity contribution in [3.63, 3.8) is 0 Å². The molecule has 0 saturated carbocycles. The van der Waals surface area contributed by atoms with Crippen molar-refractivity contribution < 1.29 is 9.16 Å². The Bertz CT molecular complexity index is 430. The Kier molecular flexibility index (Phi) is 9.47. The van der Waals surface area contributed by atoms with E-state index in [1.165, 1.54) is 0 Å². The van der Waals surface area contributed by atoms with Gasteiger partial charge in [-0.1, -0.05) is 77.8 Å². The monoisotopic (exact) mass is 480 g/mol. The number of ether oxygens (including phenoxy) is 1. The predicted molar refractivity (Wildman–Crippen MR) is 115 cm³/mol. The zero-order chi connectivity index (χ0) is 18.4. The van der Waals surface area contributed by atoms with Gasteiger partial charge in [-0.25, -0.2) is 0 Å². The Hall–Kier alpha value is 0.577. The van der Waals surface area contributed by atoms with Gasteiger partial charge in [0.15, 0.2) is 8.32 Å². The third-order valence-corrected chi connectivity index (χ3v) is 11.0. The SMILES string of the molecule is CC[C@@H]1O[C@@H](C/C=C\Br)[C@H](O[Si](C)(C)C(C)(C)C)C/C=C\C[C@@H]1Br. The molecule has 4 atom stereocenters. The van der Waals surface area contributed by atoms with E-state index in [1.54, 1.807) is 0 Å². The third-order valence-electron chi connectivity index (χ3n) is 5.18. The van der Waals surface area contributed by atoms with Gasteiger partial charge in [-0.15, -0.1) is 0 Å². The van der Waals surface area contributed by atoms with Crippen LogP contribution in [0.3, 0.4) is 0 Å². The molecule has 140 valence electrons. The molecule has 0 N–H and O–H groups in total. The van der Waals surface area contributed by atoms with Gasteiger partial charge < -0.3 is 9.16 Å². The predicted octanol–water partition coefficient (Wildman–Crippen LogP) is 6.95. The lowest BCUT2D eigenvalue weighted by atomic mass is 10.1. The van der Waals surface area contributed by atoms with Crippen LogP contribution in [-0.4, -0.2) is 31.5 Å². The van der Waals surface area contributed by atoms with E-state index in [2.05, 4.69) is 90.9 Å². The molecule has 0 aliphatic carbocycles. The first-order valence-electron chi connectivity index (χ1n) is 9.00. The second kappa shape index (κ2) is 10.1. The van der Waals surface area contributed by atoms with Gasteiger partial charge in [0.1, 0.15) is 0 Å². The van der Waals surface area contributed by atoms with Crippen molar-refractivity contribution in [2.24, 2.45) is 0 Å². The largest absolute Gasteiger partial charge is 0.411 e. The van der Waals surface area contributed by atoms with Crippen molar-refractivity contribution in [3.05, 3.63) is 23.2 Å². The van der Waals surface area contributed by atoms with E-state index >= 15 is 0 Å². The molecule has 0 saturated heterocycles. The van der Waals surface area contributed by atoms with Crippen LogP contribution in [0.15, 0.2) is 23.2 Å². The fraction of sp³-hybridized carbons (Fsp3) is 0.789. The standard InChI is InChI=1S/C19H34Br2O2Si/c1-7-16-15(21)11-8-9-12-18(17(22-16)13-10-14-20)23-24(5,6)19(2,3)4/h8-10,14-18H,7,11-13H2,1-6H3/b9-8-,14-10-/t15-,16-,17-,18+/m0/s1. The fourth-order valence-corrected chi connectivity index (χ4v) is 4.87. The van der Waals surface area contributed by atoms with Gasteiger partial charge in [-0.05, 0) is 48.8 Å². The van der Waals surface area contributed by atoms with E-state index in [0.717, 1.165) is 25.7 Å². The number of alkyl halides is 1. The highest BCUT2D eigenvalue weighted by molar-refractivity contribution is 9.11. The van der Waals surface area contributed by atoms with Gasteiger partial charge in [-0.2, -0.15) is 0 Å². The highest BCUT2D eigenvalue weighted by Gasteiger charge is 2.41. The Morgan fingerprint density at radius 1 is 1.21 bits per heavy atom. The number of allylic oxidation sites excluding steroid dienone is 1. The van der Waals surface area contributed by atoms with E-state index in [-0.39, 0.29) is 23.4 Å². The van der Waals surface area contributed by atoms with Crippen molar-refractivity contribution in [1.29, 1.82) is 0 Å².